The van der Waals surface area contributed by atoms with Gasteiger partial charge in [0, 0.05) is 31.5 Å². The summed E-state index contributed by atoms with van der Waals surface area (Å²) < 4.78 is 17.4. The van der Waals surface area contributed by atoms with Crippen LogP contribution in [0.1, 0.15) is 33.4 Å². The number of benzene rings is 2. The highest BCUT2D eigenvalue weighted by Gasteiger charge is 2.51. The van der Waals surface area contributed by atoms with Crippen molar-refractivity contribution in [1.29, 1.82) is 0 Å². The minimum absolute atomic E-state index is 0.0510. The SMILES string of the molecule is CNc1ccc(/C=C/C(=O)[C@H]2CO[C@H]3[C@@H]2OC[C@H]3OC(=O)/C=C/c2cc(C)c(NC)c(C)c2)c(C)c1C. The molecular formula is C30H36N2O5. The molecule has 7 nitrogen and oxygen atoms in total. The summed E-state index contributed by atoms with van der Waals surface area (Å²) in [4.78, 5) is 25.5. The summed E-state index contributed by atoms with van der Waals surface area (Å²) in [6.07, 6.45) is 5.20. The Morgan fingerprint density at radius 3 is 2.27 bits per heavy atom. The first-order valence-corrected chi connectivity index (χ1v) is 12.6. The highest BCUT2D eigenvalue weighted by atomic mass is 16.6. The summed E-state index contributed by atoms with van der Waals surface area (Å²) in [5, 5.41) is 6.36. The van der Waals surface area contributed by atoms with Gasteiger partial charge < -0.3 is 24.8 Å². The Kier molecular flexibility index (Phi) is 8.15. The van der Waals surface area contributed by atoms with Crippen LogP contribution in [0.25, 0.3) is 12.2 Å². The molecule has 0 bridgehead atoms. The quantitative estimate of drug-likeness (QED) is 0.401. The summed E-state index contributed by atoms with van der Waals surface area (Å²) in [6, 6.07) is 8.03. The first-order chi connectivity index (χ1) is 17.7. The van der Waals surface area contributed by atoms with Gasteiger partial charge in [-0.05, 0) is 91.4 Å². The highest BCUT2D eigenvalue weighted by Crippen LogP contribution is 2.34. The molecule has 2 aromatic carbocycles. The van der Waals surface area contributed by atoms with Crippen molar-refractivity contribution in [2.24, 2.45) is 5.92 Å². The van der Waals surface area contributed by atoms with E-state index in [9.17, 15) is 9.59 Å². The largest absolute Gasteiger partial charge is 0.454 e. The zero-order valence-electron chi connectivity index (χ0n) is 22.4. The molecule has 0 unspecified atom stereocenters. The molecule has 4 atom stereocenters. The molecule has 2 heterocycles. The van der Waals surface area contributed by atoms with Gasteiger partial charge in [-0.3, -0.25) is 4.79 Å². The third kappa shape index (κ3) is 5.63. The van der Waals surface area contributed by atoms with E-state index < -0.39 is 30.2 Å². The normalized spacial score (nSPS) is 23.0. The van der Waals surface area contributed by atoms with Crippen molar-refractivity contribution in [2.45, 2.75) is 46.0 Å². The van der Waals surface area contributed by atoms with Crippen LogP contribution in [0.3, 0.4) is 0 Å². The number of fused-ring (bicyclic) bond motifs is 1. The molecular weight excluding hydrogens is 468 g/mol. The number of carbonyl (C=O) groups excluding carboxylic acids is 2. The fourth-order valence-corrected chi connectivity index (χ4v) is 5.24. The lowest BCUT2D eigenvalue weighted by Gasteiger charge is -2.16. The van der Waals surface area contributed by atoms with Crippen LogP contribution < -0.4 is 10.6 Å². The fraction of sp³-hybridized carbons (Fsp3) is 0.400. The number of ketones is 1. The molecule has 0 radical (unpaired) electrons. The predicted molar refractivity (Wildman–Crippen MR) is 147 cm³/mol. The van der Waals surface area contributed by atoms with Crippen molar-refractivity contribution in [3.63, 3.8) is 0 Å². The van der Waals surface area contributed by atoms with E-state index in [1.165, 1.54) is 6.08 Å². The Hall–Kier alpha value is -3.42. The molecule has 0 aromatic heterocycles. The molecule has 2 aromatic rings. The molecule has 37 heavy (non-hydrogen) atoms. The van der Waals surface area contributed by atoms with Crippen molar-refractivity contribution in [1.82, 2.24) is 0 Å². The first kappa shape index (κ1) is 26.6. The monoisotopic (exact) mass is 504 g/mol. The Morgan fingerprint density at radius 2 is 1.59 bits per heavy atom. The molecule has 0 amide bonds. The summed E-state index contributed by atoms with van der Waals surface area (Å²) in [5.41, 5.74) is 8.56. The summed E-state index contributed by atoms with van der Waals surface area (Å²) >= 11 is 0. The lowest BCUT2D eigenvalue weighted by atomic mass is 9.95. The molecule has 196 valence electrons. The van der Waals surface area contributed by atoms with Gasteiger partial charge in [0.1, 0.15) is 6.10 Å². The smallest absolute Gasteiger partial charge is 0.331 e. The lowest BCUT2D eigenvalue weighted by molar-refractivity contribution is -0.147. The number of esters is 1. The van der Waals surface area contributed by atoms with Crippen molar-refractivity contribution in [2.75, 3.05) is 37.9 Å². The fourth-order valence-electron chi connectivity index (χ4n) is 5.24. The number of hydrogen-bond donors (Lipinski definition) is 2. The third-order valence-electron chi connectivity index (χ3n) is 7.38. The van der Waals surface area contributed by atoms with E-state index in [1.54, 1.807) is 12.2 Å². The zero-order valence-corrected chi connectivity index (χ0v) is 22.4. The maximum atomic E-state index is 13.0. The molecule has 4 rings (SSSR count). The number of ether oxygens (including phenoxy) is 3. The average Bonchev–Trinajstić information content (AvgIpc) is 3.46. The van der Waals surface area contributed by atoms with E-state index in [0.717, 1.165) is 44.8 Å². The molecule has 2 fully saturated rings. The Morgan fingerprint density at radius 1 is 0.892 bits per heavy atom. The molecule has 7 heteroatoms. The van der Waals surface area contributed by atoms with Gasteiger partial charge in [-0.2, -0.15) is 0 Å². The van der Waals surface area contributed by atoms with Gasteiger partial charge in [-0.25, -0.2) is 4.79 Å². The van der Waals surface area contributed by atoms with Crippen molar-refractivity contribution >= 4 is 35.3 Å². The molecule has 0 aliphatic carbocycles. The van der Waals surface area contributed by atoms with E-state index >= 15 is 0 Å². The van der Waals surface area contributed by atoms with E-state index in [4.69, 9.17) is 14.2 Å². The van der Waals surface area contributed by atoms with E-state index in [1.807, 2.05) is 65.2 Å². The van der Waals surface area contributed by atoms with Crippen LogP contribution in [-0.2, 0) is 23.8 Å². The summed E-state index contributed by atoms with van der Waals surface area (Å²) in [6.45, 7) is 8.60. The number of nitrogens with one attached hydrogen (secondary N) is 2. The number of hydrogen-bond acceptors (Lipinski definition) is 7. The molecule has 0 spiro atoms. The lowest BCUT2D eigenvalue weighted by Crippen LogP contribution is -2.34. The van der Waals surface area contributed by atoms with E-state index in [0.29, 0.717) is 0 Å². The number of anilines is 2. The minimum Gasteiger partial charge on any atom is -0.454 e. The van der Waals surface area contributed by atoms with E-state index in [-0.39, 0.29) is 19.0 Å². The Labute approximate surface area is 218 Å². The molecule has 2 aliphatic heterocycles. The molecule has 2 saturated heterocycles. The summed E-state index contributed by atoms with van der Waals surface area (Å²) in [7, 11) is 3.79. The van der Waals surface area contributed by atoms with Gasteiger partial charge in [-0.15, -0.1) is 0 Å². The first-order valence-electron chi connectivity index (χ1n) is 12.6. The predicted octanol–water partition coefficient (Wildman–Crippen LogP) is 4.62. The van der Waals surface area contributed by atoms with Crippen molar-refractivity contribution in [3.05, 3.63) is 69.8 Å². The standard InChI is InChI=1S/C30H36N2O5/c1-17-13-21(14-18(2)28(17)32-6)7-12-27(34)37-26-16-36-29-23(15-35-30(26)29)25(33)11-9-22-8-10-24(31-5)20(4)19(22)3/h7-14,23,26,29-32H,15-16H2,1-6H3/b11-9+,12-7+/t23-,26-,29-,30-/m1/s1. The van der Waals surface area contributed by atoms with Crippen molar-refractivity contribution in [3.8, 4) is 0 Å². The minimum atomic E-state index is -0.543. The van der Waals surface area contributed by atoms with Gasteiger partial charge in [-0.1, -0.05) is 12.1 Å². The Balaban J connectivity index is 1.35. The second-order valence-electron chi connectivity index (χ2n) is 9.73. The molecule has 2 N–H and O–H groups in total. The van der Waals surface area contributed by atoms with Gasteiger partial charge >= 0.3 is 5.97 Å². The van der Waals surface area contributed by atoms with Gasteiger partial charge in [0.2, 0.25) is 0 Å². The highest BCUT2D eigenvalue weighted by molar-refractivity contribution is 5.96. The van der Waals surface area contributed by atoms with Crippen LogP contribution in [0, 0.1) is 33.6 Å². The van der Waals surface area contributed by atoms with Crippen LogP contribution in [0.2, 0.25) is 0 Å². The van der Waals surface area contributed by atoms with E-state index in [2.05, 4.69) is 17.6 Å². The van der Waals surface area contributed by atoms with Gasteiger partial charge in [0.15, 0.2) is 11.9 Å². The molecule has 0 saturated carbocycles. The Bertz CT molecular complexity index is 1230. The second kappa shape index (κ2) is 11.3. The topological polar surface area (TPSA) is 85.9 Å². The van der Waals surface area contributed by atoms with Crippen LogP contribution in [0.4, 0.5) is 11.4 Å². The number of allylic oxidation sites excluding steroid dienone is 1. The van der Waals surface area contributed by atoms with Crippen LogP contribution in [0.15, 0.2) is 36.4 Å². The maximum absolute atomic E-state index is 13.0. The third-order valence-corrected chi connectivity index (χ3v) is 7.38. The average molecular weight is 505 g/mol. The number of rotatable bonds is 8. The van der Waals surface area contributed by atoms with Crippen molar-refractivity contribution < 1.29 is 23.8 Å². The van der Waals surface area contributed by atoms with Crippen LogP contribution in [0.5, 0.6) is 0 Å². The number of aryl methyl sites for hydroxylation is 2. The second-order valence-corrected chi connectivity index (χ2v) is 9.73. The number of carbonyl (C=O) groups is 2. The summed E-state index contributed by atoms with van der Waals surface area (Å²) in [5.74, 6) is -0.934. The zero-order chi connectivity index (χ0) is 26.7. The molecule has 2 aliphatic rings. The van der Waals surface area contributed by atoms with Crippen LogP contribution in [-0.4, -0.2) is 57.4 Å². The maximum Gasteiger partial charge on any atom is 0.331 e. The van der Waals surface area contributed by atoms with Gasteiger partial charge in [0.05, 0.1) is 25.2 Å². The van der Waals surface area contributed by atoms with Gasteiger partial charge in [0.25, 0.3) is 0 Å². The van der Waals surface area contributed by atoms with Crippen LogP contribution >= 0.6 is 0 Å².